The quantitative estimate of drug-likeness (QED) is 0.560. The monoisotopic (exact) mass is 207 g/mol. The first-order valence-corrected chi connectivity index (χ1v) is 4.31. The third-order valence-corrected chi connectivity index (χ3v) is 2.96. The third-order valence-electron chi connectivity index (χ3n) is 2.96. The van der Waals surface area contributed by atoms with Crippen molar-refractivity contribution in [3.8, 4) is 0 Å². The van der Waals surface area contributed by atoms with Gasteiger partial charge in [0.05, 0.1) is 0 Å². The van der Waals surface area contributed by atoms with E-state index in [0.29, 0.717) is 4.90 Å². The maximum Gasteiger partial charge on any atom is 0.412 e. The fourth-order valence-corrected chi connectivity index (χ4v) is 2.23. The second kappa shape index (κ2) is 2.49. The molecule has 0 N–H and O–H groups in total. The molecule has 0 spiro atoms. The van der Waals surface area contributed by atoms with Gasteiger partial charge >= 0.3 is 6.18 Å². The fraction of sp³-hybridized carbons (Fsp3) is 0.750. The summed E-state index contributed by atoms with van der Waals surface area (Å²) >= 11 is 0. The van der Waals surface area contributed by atoms with Crippen LogP contribution < -0.4 is 0 Å². The molecule has 3 nitrogen and oxygen atoms in total. The Bertz CT molecular complexity index is 290. The molecule has 0 aliphatic carbocycles. The maximum absolute atomic E-state index is 12.7. The van der Waals surface area contributed by atoms with Crippen molar-refractivity contribution in [1.82, 2.24) is 4.90 Å². The summed E-state index contributed by atoms with van der Waals surface area (Å²) in [5, 5.41) is 0. The summed E-state index contributed by atoms with van der Waals surface area (Å²) in [5.74, 6) is -1.38. The molecule has 78 valence electrons. The van der Waals surface area contributed by atoms with Gasteiger partial charge in [0.2, 0.25) is 11.8 Å². The first kappa shape index (κ1) is 9.48. The van der Waals surface area contributed by atoms with Crippen molar-refractivity contribution in [1.29, 1.82) is 0 Å². The lowest BCUT2D eigenvalue weighted by Crippen LogP contribution is -2.53. The van der Waals surface area contributed by atoms with Crippen LogP contribution in [0.3, 0.4) is 0 Å². The van der Waals surface area contributed by atoms with Crippen LogP contribution in [0.2, 0.25) is 0 Å². The first-order valence-electron chi connectivity index (χ1n) is 4.31. The molecule has 2 fully saturated rings. The lowest BCUT2D eigenvalue weighted by Gasteiger charge is -2.32. The third kappa shape index (κ3) is 0.936. The number of carbonyl (C=O) groups excluding carboxylic acids is 2. The number of nitrogens with zero attached hydrogens (tertiary/aromatic N) is 1. The van der Waals surface area contributed by atoms with Crippen molar-refractivity contribution in [2.45, 2.75) is 37.4 Å². The molecule has 0 bridgehead atoms. The van der Waals surface area contributed by atoms with Crippen LogP contribution in [0.4, 0.5) is 13.2 Å². The molecule has 2 amide bonds. The van der Waals surface area contributed by atoms with E-state index in [1.165, 1.54) is 0 Å². The Kier molecular flexibility index (Phi) is 1.69. The second-order valence-corrected chi connectivity index (χ2v) is 3.65. The molecule has 2 aliphatic heterocycles. The van der Waals surface area contributed by atoms with Crippen LogP contribution in [0.25, 0.3) is 0 Å². The largest absolute Gasteiger partial charge is 0.412 e. The van der Waals surface area contributed by atoms with Crippen LogP contribution in [-0.2, 0) is 9.59 Å². The maximum atomic E-state index is 12.7. The van der Waals surface area contributed by atoms with Gasteiger partial charge in [-0.3, -0.25) is 14.5 Å². The number of rotatable bonds is 0. The van der Waals surface area contributed by atoms with E-state index in [-0.39, 0.29) is 25.7 Å². The predicted octanol–water partition coefficient (Wildman–Crippen LogP) is 1.23. The SMILES string of the molecule is O=C1CCC2(C(F)(F)F)CCC(=O)N12. The highest BCUT2D eigenvalue weighted by Gasteiger charge is 2.67. The van der Waals surface area contributed by atoms with E-state index in [2.05, 4.69) is 0 Å². The number of amides is 2. The Morgan fingerprint density at radius 1 is 1.07 bits per heavy atom. The number of halogens is 3. The molecule has 2 heterocycles. The zero-order chi connectivity index (χ0) is 10.6. The summed E-state index contributed by atoms with van der Waals surface area (Å²) in [5.41, 5.74) is -2.18. The minimum Gasteiger partial charge on any atom is -0.274 e. The van der Waals surface area contributed by atoms with Gasteiger partial charge in [-0.1, -0.05) is 0 Å². The van der Waals surface area contributed by atoms with Gasteiger partial charge in [-0.25, -0.2) is 0 Å². The average Bonchev–Trinajstić information content (AvgIpc) is 2.54. The fourth-order valence-electron chi connectivity index (χ4n) is 2.23. The molecule has 0 unspecified atom stereocenters. The summed E-state index contributed by atoms with van der Waals surface area (Å²) in [4.78, 5) is 22.7. The van der Waals surface area contributed by atoms with E-state index < -0.39 is 23.5 Å². The van der Waals surface area contributed by atoms with Crippen LogP contribution in [0.15, 0.2) is 0 Å². The topological polar surface area (TPSA) is 37.4 Å². The van der Waals surface area contributed by atoms with Crippen LogP contribution in [0.5, 0.6) is 0 Å². The predicted molar refractivity (Wildman–Crippen MR) is 39.1 cm³/mol. The smallest absolute Gasteiger partial charge is 0.274 e. The van der Waals surface area contributed by atoms with Crippen LogP contribution in [0, 0.1) is 0 Å². The van der Waals surface area contributed by atoms with E-state index in [0.717, 1.165) is 0 Å². The Morgan fingerprint density at radius 2 is 1.50 bits per heavy atom. The zero-order valence-corrected chi connectivity index (χ0v) is 7.23. The highest BCUT2D eigenvalue weighted by molar-refractivity contribution is 6.00. The number of hydrogen-bond acceptors (Lipinski definition) is 2. The Hall–Kier alpha value is -1.07. The average molecular weight is 207 g/mol. The molecule has 0 radical (unpaired) electrons. The number of carbonyl (C=O) groups is 2. The van der Waals surface area contributed by atoms with Crippen molar-refractivity contribution in [2.75, 3.05) is 0 Å². The summed E-state index contributed by atoms with van der Waals surface area (Å²) < 4.78 is 38.1. The van der Waals surface area contributed by atoms with E-state index >= 15 is 0 Å². The van der Waals surface area contributed by atoms with Gasteiger partial charge in [0.25, 0.3) is 0 Å². The summed E-state index contributed by atoms with van der Waals surface area (Å²) in [7, 11) is 0. The molecule has 0 saturated carbocycles. The van der Waals surface area contributed by atoms with Crippen molar-refractivity contribution < 1.29 is 22.8 Å². The Morgan fingerprint density at radius 3 is 1.79 bits per heavy atom. The van der Waals surface area contributed by atoms with Crippen molar-refractivity contribution in [2.24, 2.45) is 0 Å². The van der Waals surface area contributed by atoms with E-state index in [9.17, 15) is 22.8 Å². The molecule has 0 aromatic rings. The van der Waals surface area contributed by atoms with Crippen molar-refractivity contribution >= 4 is 11.8 Å². The minimum absolute atomic E-state index is 0.175. The molecular weight excluding hydrogens is 199 g/mol. The van der Waals surface area contributed by atoms with Gasteiger partial charge in [0.1, 0.15) is 5.54 Å². The lowest BCUT2D eigenvalue weighted by molar-refractivity contribution is -0.215. The van der Waals surface area contributed by atoms with Gasteiger partial charge in [0.15, 0.2) is 0 Å². The Balaban J connectivity index is 2.45. The minimum atomic E-state index is -4.49. The van der Waals surface area contributed by atoms with Crippen molar-refractivity contribution in [3.63, 3.8) is 0 Å². The normalized spacial score (nSPS) is 25.8. The summed E-state index contributed by atoms with van der Waals surface area (Å²) in [6.07, 6.45) is -5.40. The van der Waals surface area contributed by atoms with E-state index in [1.807, 2.05) is 0 Å². The summed E-state index contributed by atoms with van der Waals surface area (Å²) in [6.45, 7) is 0. The van der Waals surface area contributed by atoms with Gasteiger partial charge < -0.3 is 0 Å². The molecule has 0 aromatic carbocycles. The van der Waals surface area contributed by atoms with Gasteiger partial charge in [-0.2, -0.15) is 13.2 Å². The standard InChI is InChI=1S/C8H8F3NO2/c9-8(10,11)7-3-1-5(13)12(7)6(14)2-4-7/h1-4H2. The highest BCUT2D eigenvalue weighted by Crippen LogP contribution is 2.50. The van der Waals surface area contributed by atoms with Gasteiger partial charge in [-0.05, 0) is 12.8 Å². The molecular formula is C8H8F3NO2. The van der Waals surface area contributed by atoms with Crippen LogP contribution >= 0.6 is 0 Å². The molecule has 2 aliphatic rings. The van der Waals surface area contributed by atoms with Crippen LogP contribution in [-0.4, -0.2) is 28.4 Å². The molecule has 2 rings (SSSR count). The highest BCUT2D eigenvalue weighted by atomic mass is 19.4. The second-order valence-electron chi connectivity index (χ2n) is 3.65. The Labute approximate surface area is 77.9 Å². The molecule has 0 aromatic heterocycles. The van der Waals surface area contributed by atoms with Crippen molar-refractivity contribution in [3.05, 3.63) is 0 Å². The van der Waals surface area contributed by atoms with Gasteiger partial charge in [0, 0.05) is 12.8 Å². The molecule has 0 atom stereocenters. The van der Waals surface area contributed by atoms with Crippen LogP contribution in [0.1, 0.15) is 25.7 Å². The molecule has 6 heteroatoms. The van der Waals surface area contributed by atoms with E-state index in [1.54, 1.807) is 0 Å². The van der Waals surface area contributed by atoms with E-state index in [4.69, 9.17) is 0 Å². The number of imide groups is 1. The zero-order valence-electron chi connectivity index (χ0n) is 7.23. The molecule has 14 heavy (non-hydrogen) atoms. The summed E-state index contributed by atoms with van der Waals surface area (Å²) in [6, 6.07) is 0. The lowest BCUT2D eigenvalue weighted by atomic mass is 9.93. The first-order chi connectivity index (χ1) is 6.38. The number of hydrogen-bond donors (Lipinski definition) is 0. The number of alkyl halides is 3. The number of fused-ring (bicyclic) bond motifs is 1. The van der Waals surface area contributed by atoms with Gasteiger partial charge in [-0.15, -0.1) is 0 Å². The molecule has 2 saturated heterocycles.